The van der Waals surface area contributed by atoms with E-state index in [0.29, 0.717) is 5.56 Å². The van der Waals surface area contributed by atoms with E-state index in [1.54, 1.807) is 6.07 Å². The minimum absolute atomic E-state index is 0.0948. The molecule has 2 N–H and O–H groups in total. The van der Waals surface area contributed by atoms with E-state index < -0.39 is 15.7 Å². The molecular formula is C10H13NO4S. The Bertz CT molecular complexity index is 508. The predicted octanol–water partition coefficient (Wildman–Crippen LogP) is 0.339. The molecule has 0 heterocycles. The third kappa shape index (κ3) is 3.23. The summed E-state index contributed by atoms with van der Waals surface area (Å²) in [7, 11) is -1.71. The van der Waals surface area contributed by atoms with Gasteiger partial charge in [0.15, 0.2) is 9.84 Å². The quantitative estimate of drug-likeness (QED) is 0.826. The molecule has 0 saturated heterocycles. The lowest BCUT2D eigenvalue weighted by Crippen LogP contribution is -2.13. The highest BCUT2D eigenvalue weighted by atomic mass is 32.2. The maximum Gasteiger partial charge on any atom is 0.252 e. The van der Waals surface area contributed by atoms with Crippen molar-refractivity contribution in [1.29, 1.82) is 0 Å². The van der Waals surface area contributed by atoms with Crippen LogP contribution in [0.25, 0.3) is 0 Å². The summed E-state index contributed by atoms with van der Waals surface area (Å²) in [6.07, 6.45) is 1.14. The van der Waals surface area contributed by atoms with Crippen LogP contribution in [0, 0.1) is 0 Å². The van der Waals surface area contributed by atoms with E-state index in [4.69, 9.17) is 10.5 Å². The average Bonchev–Trinajstić information content (AvgIpc) is 2.14. The Morgan fingerprint density at radius 1 is 1.44 bits per heavy atom. The summed E-state index contributed by atoms with van der Waals surface area (Å²) in [6.45, 7) is 0. The van der Waals surface area contributed by atoms with E-state index in [0.717, 1.165) is 6.26 Å². The van der Waals surface area contributed by atoms with Crippen molar-refractivity contribution in [3.8, 4) is 5.75 Å². The lowest BCUT2D eigenvalue weighted by Gasteiger charge is -2.07. The first-order valence-electron chi connectivity index (χ1n) is 4.48. The second-order valence-corrected chi connectivity index (χ2v) is 5.61. The second kappa shape index (κ2) is 4.52. The van der Waals surface area contributed by atoms with E-state index >= 15 is 0 Å². The molecule has 0 aliphatic heterocycles. The monoisotopic (exact) mass is 243 g/mol. The van der Waals surface area contributed by atoms with Crippen molar-refractivity contribution in [2.75, 3.05) is 13.4 Å². The molecule has 0 bridgehead atoms. The van der Waals surface area contributed by atoms with Crippen molar-refractivity contribution in [1.82, 2.24) is 0 Å². The molecule has 0 aliphatic rings. The van der Waals surface area contributed by atoms with Gasteiger partial charge in [-0.15, -0.1) is 0 Å². The summed E-state index contributed by atoms with van der Waals surface area (Å²) in [6, 6.07) is 4.51. The summed E-state index contributed by atoms with van der Waals surface area (Å²) >= 11 is 0. The summed E-state index contributed by atoms with van der Waals surface area (Å²) in [5, 5.41) is 0. The number of carbonyl (C=O) groups is 1. The average molecular weight is 243 g/mol. The Balaban J connectivity index is 3.14. The van der Waals surface area contributed by atoms with Gasteiger partial charge in [-0.1, -0.05) is 6.07 Å². The van der Waals surface area contributed by atoms with Crippen LogP contribution in [-0.4, -0.2) is 27.7 Å². The Hall–Kier alpha value is -1.56. The van der Waals surface area contributed by atoms with Gasteiger partial charge < -0.3 is 10.5 Å². The molecule has 0 saturated carbocycles. The molecule has 0 fully saturated rings. The molecule has 1 rings (SSSR count). The second-order valence-electron chi connectivity index (χ2n) is 3.47. The SMILES string of the molecule is COc1cc(CS(C)(=O)=O)ccc1C(N)=O. The van der Waals surface area contributed by atoms with Crippen LogP contribution in [0.1, 0.15) is 15.9 Å². The van der Waals surface area contributed by atoms with Crippen LogP contribution in [0.15, 0.2) is 18.2 Å². The Morgan fingerprint density at radius 3 is 2.50 bits per heavy atom. The third-order valence-corrected chi connectivity index (χ3v) is 2.82. The van der Waals surface area contributed by atoms with Gasteiger partial charge in [-0.2, -0.15) is 0 Å². The van der Waals surface area contributed by atoms with Crippen LogP contribution in [0.4, 0.5) is 0 Å². The van der Waals surface area contributed by atoms with Crippen LogP contribution in [0.3, 0.4) is 0 Å². The van der Waals surface area contributed by atoms with Crippen LogP contribution < -0.4 is 10.5 Å². The van der Waals surface area contributed by atoms with Crippen LogP contribution >= 0.6 is 0 Å². The molecule has 1 aromatic carbocycles. The number of nitrogens with two attached hydrogens (primary N) is 1. The molecule has 6 heteroatoms. The number of ether oxygens (including phenoxy) is 1. The molecule has 1 amide bonds. The zero-order valence-electron chi connectivity index (χ0n) is 9.06. The fourth-order valence-corrected chi connectivity index (χ4v) is 2.12. The molecule has 5 nitrogen and oxygen atoms in total. The van der Waals surface area contributed by atoms with Gasteiger partial charge >= 0.3 is 0 Å². The van der Waals surface area contributed by atoms with E-state index in [9.17, 15) is 13.2 Å². The summed E-state index contributed by atoms with van der Waals surface area (Å²) in [4.78, 5) is 11.0. The molecule has 0 aromatic heterocycles. The molecule has 1 aromatic rings. The van der Waals surface area contributed by atoms with Gasteiger partial charge in [0.05, 0.1) is 18.4 Å². The van der Waals surface area contributed by atoms with Gasteiger partial charge in [0.2, 0.25) is 0 Å². The van der Waals surface area contributed by atoms with Gasteiger partial charge in [-0.05, 0) is 17.7 Å². The summed E-state index contributed by atoms with van der Waals surface area (Å²) in [5.41, 5.74) is 5.93. The number of hydrogen-bond donors (Lipinski definition) is 1. The smallest absolute Gasteiger partial charge is 0.252 e. The molecule has 0 spiro atoms. The molecular weight excluding hydrogens is 230 g/mol. The zero-order valence-corrected chi connectivity index (χ0v) is 9.87. The molecule has 0 aliphatic carbocycles. The summed E-state index contributed by atoms with van der Waals surface area (Å²) in [5.74, 6) is -0.418. The van der Waals surface area contributed by atoms with Crippen molar-refractivity contribution in [2.24, 2.45) is 5.73 Å². The number of rotatable bonds is 4. The topological polar surface area (TPSA) is 86.5 Å². The number of hydrogen-bond acceptors (Lipinski definition) is 4. The van der Waals surface area contributed by atoms with Gasteiger partial charge in [-0.3, -0.25) is 4.79 Å². The first kappa shape index (κ1) is 12.5. The largest absolute Gasteiger partial charge is 0.496 e. The van der Waals surface area contributed by atoms with Gasteiger partial charge in [-0.25, -0.2) is 8.42 Å². The van der Waals surface area contributed by atoms with Crippen LogP contribution in [-0.2, 0) is 15.6 Å². The lowest BCUT2D eigenvalue weighted by atomic mass is 10.1. The number of sulfone groups is 1. The molecule has 16 heavy (non-hydrogen) atoms. The van der Waals surface area contributed by atoms with Crippen molar-refractivity contribution in [3.05, 3.63) is 29.3 Å². The molecule has 0 radical (unpaired) electrons. The lowest BCUT2D eigenvalue weighted by molar-refractivity contribution is 0.0997. The van der Waals surface area contributed by atoms with Gasteiger partial charge in [0, 0.05) is 6.26 Å². The maximum atomic E-state index is 11.1. The molecule has 88 valence electrons. The standard InChI is InChI=1S/C10H13NO4S/c1-15-9-5-7(6-16(2,13)14)3-4-8(9)10(11)12/h3-5H,6H2,1-2H3,(H2,11,12). The van der Waals surface area contributed by atoms with Crippen molar-refractivity contribution in [2.45, 2.75) is 5.75 Å². The number of methoxy groups -OCH3 is 1. The zero-order chi connectivity index (χ0) is 12.3. The van der Waals surface area contributed by atoms with Crippen LogP contribution in [0.2, 0.25) is 0 Å². The Labute approximate surface area is 94.1 Å². The van der Waals surface area contributed by atoms with E-state index in [-0.39, 0.29) is 17.1 Å². The van der Waals surface area contributed by atoms with Crippen molar-refractivity contribution in [3.63, 3.8) is 0 Å². The minimum atomic E-state index is -3.11. The van der Waals surface area contributed by atoms with Crippen molar-refractivity contribution < 1.29 is 17.9 Å². The Morgan fingerprint density at radius 2 is 2.06 bits per heavy atom. The highest BCUT2D eigenvalue weighted by Crippen LogP contribution is 2.20. The summed E-state index contributed by atoms with van der Waals surface area (Å²) < 4.78 is 27.1. The van der Waals surface area contributed by atoms with E-state index in [1.807, 2.05) is 0 Å². The number of primary amides is 1. The van der Waals surface area contributed by atoms with E-state index in [1.165, 1.54) is 19.2 Å². The van der Waals surface area contributed by atoms with Gasteiger partial charge in [0.1, 0.15) is 5.75 Å². The third-order valence-electron chi connectivity index (χ3n) is 1.96. The number of amides is 1. The number of carbonyl (C=O) groups excluding carboxylic acids is 1. The maximum absolute atomic E-state index is 11.1. The first-order chi connectivity index (χ1) is 7.33. The molecule has 0 unspecified atom stereocenters. The van der Waals surface area contributed by atoms with Gasteiger partial charge in [0.25, 0.3) is 5.91 Å². The highest BCUT2D eigenvalue weighted by Gasteiger charge is 2.11. The van der Waals surface area contributed by atoms with Crippen molar-refractivity contribution >= 4 is 15.7 Å². The Kier molecular flexibility index (Phi) is 3.54. The fourth-order valence-electron chi connectivity index (χ4n) is 1.33. The fraction of sp³-hybridized carbons (Fsp3) is 0.300. The predicted molar refractivity (Wildman–Crippen MR) is 60.1 cm³/mol. The first-order valence-corrected chi connectivity index (χ1v) is 6.54. The molecule has 0 atom stereocenters. The van der Waals surface area contributed by atoms with E-state index in [2.05, 4.69) is 0 Å². The minimum Gasteiger partial charge on any atom is -0.496 e. The van der Waals surface area contributed by atoms with Crippen LogP contribution in [0.5, 0.6) is 5.75 Å². The number of benzene rings is 1. The highest BCUT2D eigenvalue weighted by molar-refractivity contribution is 7.89. The normalized spacial score (nSPS) is 11.1.